The summed E-state index contributed by atoms with van der Waals surface area (Å²) in [4.78, 5) is 16.7. The maximum Gasteiger partial charge on any atom is 0.237 e. The number of rotatable bonds is 6. The lowest BCUT2D eigenvalue weighted by Crippen LogP contribution is -2.22. The molecule has 0 saturated carbocycles. The summed E-state index contributed by atoms with van der Waals surface area (Å²) in [6.45, 7) is 4.76. The SMILES string of the molecule is CCn1c(S[C@H](C)C(=O)Nc2ccc3c(c2)OCO3)nnc1-c1ccncc1. The molecule has 3 aromatic rings. The van der Waals surface area contributed by atoms with Crippen LogP contribution >= 0.6 is 11.8 Å². The van der Waals surface area contributed by atoms with Gasteiger partial charge in [-0.3, -0.25) is 9.78 Å². The molecule has 0 spiro atoms. The number of nitrogens with one attached hydrogen (secondary N) is 1. The van der Waals surface area contributed by atoms with E-state index in [2.05, 4.69) is 20.5 Å². The minimum Gasteiger partial charge on any atom is -0.454 e. The summed E-state index contributed by atoms with van der Waals surface area (Å²) in [6.07, 6.45) is 3.44. The van der Waals surface area contributed by atoms with E-state index in [1.165, 1.54) is 11.8 Å². The van der Waals surface area contributed by atoms with Crippen molar-refractivity contribution in [1.29, 1.82) is 0 Å². The fourth-order valence-electron chi connectivity index (χ4n) is 2.81. The molecular weight excluding hydrogens is 378 g/mol. The van der Waals surface area contributed by atoms with Gasteiger partial charge in [0.25, 0.3) is 0 Å². The minimum atomic E-state index is -0.356. The molecule has 0 fully saturated rings. The van der Waals surface area contributed by atoms with E-state index in [4.69, 9.17) is 9.47 Å². The number of fused-ring (bicyclic) bond motifs is 1. The second-order valence-corrected chi connectivity index (χ2v) is 7.41. The molecule has 144 valence electrons. The van der Waals surface area contributed by atoms with E-state index in [1.54, 1.807) is 30.6 Å². The monoisotopic (exact) mass is 397 g/mol. The van der Waals surface area contributed by atoms with Crippen LogP contribution in [-0.2, 0) is 11.3 Å². The molecule has 1 aromatic carbocycles. The van der Waals surface area contributed by atoms with Crippen molar-refractivity contribution in [3.8, 4) is 22.9 Å². The Labute approximate surface area is 166 Å². The van der Waals surface area contributed by atoms with E-state index in [-0.39, 0.29) is 18.0 Å². The number of nitrogens with zero attached hydrogens (tertiary/aromatic N) is 4. The molecule has 1 N–H and O–H groups in total. The summed E-state index contributed by atoms with van der Waals surface area (Å²) in [5.41, 5.74) is 1.60. The van der Waals surface area contributed by atoms with Crippen LogP contribution in [0.2, 0.25) is 0 Å². The van der Waals surface area contributed by atoms with Crippen LogP contribution in [0.1, 0.15) is 13.8 Å². The van der Waals surface area contributed by atoms with Crippen LogP contribution < -0.4 is 14.8 Å². The zero-order chi connectivity index (χ0) is 19.5. The van der Waals surface area contributed by atoms with Crippen molar-refractivity contribution in [3.05, 3.63) is 42.7 Å². The highest BCUT2D eigenvalue weighted by atomic mass is 32.2. The average molecular weight is 397 g/mol. The number of benzene rings is 1. The van der Waals surface area contributed by atoms with Crippen molar-refractivity contribution in [2.75, 3.05) is 12.1 Å². The molecule has 0 aliphatic carbocycles. The largest absolute Gasteiger partial charge is 0.454 e. The number of thioether (sulfide) groups is 1. The Morgan fingerprint density at radius 1 is 1.21 bits per heavy atom. The summed E-state index contributed by atoms with van der Waals surface area (Å²) >= 11 is 1.37. The van der Waals surface area contributed by atoms with Gasteiger partial charge in [0.1, 0.15) is 0 Å². The molecule has 1 aliphatic heterocycles. The lowest BCUT2D eigenvalue weighted by Gasteiger charge is -2.13. The highest BCUT2D eigenvalue weighted by Gasteiger charge is 2.21. The Balaban J connectivity index is 1.46. The van der Waals surface area contributed by atoms with Crippen LogP contribution in [0.4, 0.5) is 5.69 Å². The summed E-state index contributed by atoms with van der Waals surface area (Å²) in [7, 11) is 0. The number of amides is 1. The summed E-state index contributed by atoms with van der Waals surface area (Å²) in [5.74, 6) is 1.95. The Morgan fingerprint density at radius 3 is 2.79 bits per heavy atom. The zero-order valence-corrected chi connectivity index (χ0v) is 16.3. The fraction of sp³-hybridized carbons (Fsp3) is 0.263. The van der Waals surface area contributed by atoms with Gasteiger partial charge in [-0.15, -0.1) is 10.2 Å². The normalized spacial score (nSPS) is 13.4. The van der Waals surface area contributed by atoms with Crippen LogP contribution in [0.5, 0.6) is 11.5 Å². The summed E-state index contributed by atoms with van der Waals surface area (Å²) in [6, 6.07) is 9.11. The first-order valence-electron chi connectivity index (χ1n) is 8.86. The molecule has 3 heterocycles. The Morgan fingerprint density at radius 2 is 2.00 bits per heavy atom. The first-order chi connectivity index (χ1) is 13.7. The number of ether oxygens (including phenoxy) is 2. The topological polar surface area (TPSA) is 91.2 Å². The molecule has 1 atom stereocenters. The molecule has 4 rings (SSSR count). The number of hydrogen-bond acceptors (Lipinski definition) is 7. The van der Waals surface area contributed by atoms with Gasteiger partial charge in [0.05, 0.1) is 5.25 Å². The smallest absolute Gasteiger partial charge is 0.237 e. The van der Waals surface area contributed by atoms with Crippen LogP contribution in [0.3, 0.4) is 0 Å². The quantitative estimate of drug-likeness (QED) is 0.639. The van der Waals surface area contributed by atoms with Crippen molar-refractivity contribution >= 4 is 23.4 Å². The van der Waals surface area contributed by atoms with Crippen molar-refractivity contribution in [2.45, 2.75) is 30.8 Å². The second kappa shape index (κ2) is 7.89. The molecule has 0 unspecified atom stereocenters. The summed E-state index contributed by atoms with van der Waals surface area (Å²) in [5, 5.41) is 11.8. The van der Waals surface area contributed by atoms with Gasteiger partial charge in [0.2, 0.25) is 12.7 Å². The van der Waals surface area contributed by atoms with Crippen LogP contribution in [0, 0.1) is 0 Å². The van der Waals surface area contributed by atoms with Crippen LogP contribution in [-0.4, -0.2) is 37.7 Å². The molecule has 1 aliphatic rings. The number of hydrogen-bond donors (Lipinski definition) is 1. The van der Waals surface area contributed by atoms with Gasteiger partial charge in [-0.05, 0) is 38.1 Å². The third-order valence-electron chi connectivity index (χ3n) is 4.26. The van der Waals surface area contributed by atoms with Gasteiger partial charge < -0.3 is 19.4 Å². The third-order valence-corrected chi connectivity index (χ3v) is 5.34. The molecule has 8 nitrogen and oxygen atoms in total. The van der Waals surface area contributed by atoms with Gasteiger partial charge in [0, 0.05) is 36.3 Å². The number of carbonyl (C=O) groups is 1. The highest BCUT2D eigenvalue weighted by Crippen LogP contribution is 2.34. The Bertz CT molecular complexity index is 992. The molecule has 0 saturated heterocycles. The zero-order valence-electron chi connectivity index (χ0n) is 15.5. The van der Waals surface area contributed by atoms with E-state index in [0.29, 0.717) is 28.9 Å². The average Bonchev–Trinajstić information content (AvgIpc) is 3.34. The second-order valence-electron chi connectivity index (χ2n) is 6.10. The van der Waals surface area contributed by atoms with Crippen LogP contribution in [0.25, 0.3) is 11.4 Å². The number of pyridine rings is 1. The van der Waals surface area contributed by atoms with Gasteiger partial charge >= 0.3 is 0 Å². The van der Waals surface area contributed by atoms with E-state index in [9.17, 15) is 4.79 Å². The number of anilines is 1. The first-order valence-corrected chi connectivity index (χ1v) is 9.74. The van der Waals surface area contributed by atoms with Gasteiger partial charge in [-0.1, -0.05) is 11.8 Å². The molecule has 1 amide bonds. The molecule has 0 bridgehead atoms. The molecule has 0 radical (unpaired) electrons. The molecule has 28 heavy (non-hydrogen) atoms. The van der Waals surface area contributed by atoms with E-state index < -0.39 is 0 Å². The maximum atomic E-state index is 12.6. The lowest BCUT2D eigenvalue weighted by molar-refractivity contribution is -0.115. The van der Waals surface area contributed by atoms with Crippen molar-refractivity contribution in [3.63, 3.8) is 0 Å². The predicted molar refractivity (Wildman–Crippen MR) is 105 cm³/mol. The van der Waals surface area contributed by atoms with Crippen molar-refractivity contribution in [1.82, 2.24) is 19.7 Å². The summed E-state index contributed by atoms with van der Waals surface area (Å²) < 4.78 is 12.6. The fourth-order valence-corrected chi connectivity index (χ4v) is 3.72. The highest BCUT2D eigenvalue weighted by molar-refractivity contribution is 8.00. The molecule has 9 heteroatoms. The minimum absolute atomic E-state index is 0.125. The van der Waals surface area contributed by atoms with Gasteiger partial charge in [-0.2, -0.15) is 0 Å². The van der Waals surface area contributed by atoms with Crippen molar-refractivity contribution in [2.24, 2.45) is 0 Å². The van der Waals surface area contributed by atoms with E-state index in [1.807, 2.05) is 30.5 Å². The maximum absolute atomic E-state index is 12.6. The number of aromatic nitrogens is 4. The predicted octanol–water partition coefficient (Wildman–Crippen LogP) is 3.21. The molecular formula is C19H19N5O3S. The lowest BCUT2D eigenvalue weighted by atomic mass is 10.2. The first kappa shape index (κ1) is 18.3. The third kappa shape index (κ3) is 3.65. The van der Waals surface area contributed by atoms with E-state index >= 15 is 0 Å². The number of carbonyl (C=O) groups excluding carboxylic acids is 1. The Kier molecular flexibility index (Phi) is 5.16. The molecule has 2 aromatic heterocycles. The van der Waals surface area contributed by atoms with Crippen LogP contribution in [0.15, 0.2) is 47.9 Å². The van der Waals surface area contributed by atoms with Gasteiger partial charge in [-0.25, -0.2) is 0 Å². The van der Waals surface area contributed by atoms with Crippen molar-refractivity contribution < 1.29 is 14.3 Å². The standard InChI is InChI=1S/C19H19N5O3S/c1-3-24-17(13-6-8-20-9-7-13)22-23-19(24)28-12(2)18(25)21-14-4-5-15-16(10-14)27-11-26-15/h4-10,12H,3,11H2,1-2H3,(H,21,25)/t12-/m1/s1. The Hall–Kier alpha value is -3.07. The van der Waals surface area contributed by atoms with Gasteiger partial charge in [0.15, 0.2) is 22.5 Å². The van der Waals surface area contributed by atoms with E-state index in [0.717, 1.165) is 11.4 Å².